The molecule has 1 aromatic rings. The lowest BCUT2D eigenvalue weighted by Gasteiger charge is -2.16. The van der Waals surface area contributed by atoms with E-state index in [4.69, 9.17) is 5.11 Å². The Kier molecular flexibility index (Phi) is 4.19. The number of aromatic amines is 1. The van der Waals surface area contributed by atoms with Crippen molar-refractivity contribution >= 4 is 12.6 Å². The summed E-state index contributed by atoms with van der Waals surface area (Å²) in [4.78, 5) is 13.1. The maximum absolute atomic E-state index is 10.8. The molecule has 0 radical (unpaired) electrons. The second-order valence-corrected chi connectivity index (χ2v) is 3.62. The number of aliphatic hydroxyl groups excluding tert-OH is 2. The fourth-order valence-electron chi connectivity index (χ4n) is 1.17. The van der Waals surface area contributed by atoms with Gasteiger partial charge in [0.2, 0.25) is 0 Å². The predicted molar refractivity (Wildman–Crippen MR) is 58.2 cm³/mol. The van der Waals surface area contributed by atoms with Crippen LogP contribution < -0.4 is 5.56 Å². The molecule has 4 N–H and O–H groups in total. The Balaban J connectivity index is 2.86. The third kappa shape index (κ3) is 2.98. The third-order valence-corrected chi connectivity index (χ3v) is 2.30. The van der Waals surface area contributed by atoms with Crippen LogP contribution in [0.15, 0.2) is 17.1 Å². The summed E-state index contributed by atoms with van der Waals surface area (Å²) in [6.07, 6.45) is -0.522. The molecule has 5 nitrogen and oxygen atoms in total. The minimum atomic E-state index is -1.14. The molecule has 0 aliphatic rings. The summed E-state index contributed by atoms with van der Waals surface area (Å²) in [6, 6.07) is 1.13. The Morgan fingerprint density at radius 2 is 2.13 bits per heavy atom. The first-order valence-corrected chi connectivity index (χ1v) is 5.08. The van der Waals surface area contributed by atoms with Gasteiger partial charge in [0.15, 0.2) is 5.75 Å². The topological polar surface area (TPSA) is 93.6 Å². The van der Waals surface area contributed by atoms with Gasteiger partial charge in [-0.25, -0.2) is 0 Å². The lowest BCUT2D eigenvalue weighted by atomic mass is 10.0. The van der Waals surface area contributed by atoms with Gasteiger partial charge in [0.05, 0.1) is 6.10 Å². The molecule has 6 heteroatoms. The molecule has 84 valence electrons. The number of hydrogen-bond donors (Lipinski definition) is 5. The molecular formula is C9H13NO4S. The van der Waals surface area contributed by atoms with E-state index in [-0.39, 0.29) is 5.56 Å². The van der Waals surface area contributed by atoms with Crippen LogP contribution in [0.2, 0.25) is 0 Å². The SMILES string of the molecule is O=c1[nH]cc(C(O)C(O)CCS)cc1O. The number of pyridine rings is 1. The molecule has 1 rings (SSSR count). The molecule has 0 aliphatic carbocycles. The molecule has 2 unspecified atom stereocenters. The minimum Gasteiger partial charge on any atom is -0.503 e. The average molecular weight is 231 g/mol. The van der Waals surface area contributed by atoms with Crippen LogP contribution in [0.1, 0.15) is 18.1 Å². The molecule has 0 saturated heterocycles. The number of aromatic hydroxyl groups is 1. The summed E-state index contributed by atoms with van der Waals surface area (Å²) in [7, 11) is 0. The van der Waals surface area contributed by atoms with Gasteiger partial charge < -0.3 is 20.3 Å². The summed E-state index contributed by atoms with van der Waals surface area (Å²) >= 11 is 3.93. The molecule has 0 aliphatic heterocycles. The third-order valence-electron chi connectivity index (χ3n) is 2.04. The van der Waals surface area contributed by atoms with E-state index in [0.29, 0.717) is 12.2 Å². The highest BCUT2D eigenvalue weighted by atomic mass is 32.1. The van der Waals surface area contributed by atoms with E-state index in [1.54, 1.807) is 0 Å². The highest BCUT2D eigenvalue weighted by Gasteiger charge is 2.18. The summed E-state index contributed by atoms with van der Waals surface area (Å²) < 4.78 is 0. The number of aromatic nitrogens is 1. The van der Waals surface area contributed by atoms with Crippen LogP contribution in [0.4, 0.5) is 0 Å². The van der Waals surface area contributed by atoms with E-state index in [0.717, 1.165) is 6.07 Å². The molecule has 0 fully saturated rings. The van der Waals surface area contributed by atoms with Crippen LogP contribution in [-0.4, -0.2) is 32.2 Å². The molecule has 15 heavy (non-hydrogen) atoms. The quantitative estimate of drug-likeness (QED) is 0.464. The van der Waals surface area contributed by atoms with Gasteiger partial charge in [-0.15, -0.1) is 0 Å². The van der Waals surface area contributed by atoms with Gasteiger partial charge in [0.25, 0.3) is 5.56 Å². The first-order valence-electron chi connectivity index (χ1n) is 4.45. The number of hydrogen-bond acceptors (Lipinski definition) is 5. The molecule has 0 saturated carbocycles. The van der Waals surface area contributed by atoms with Gasteiger partial charge >= 0.3 is 0 Å². The van der Waals surface area contributed by atoms with E-state index in [9.17, 15) is 15.0 Å². The number of aliphatic hydroxyl groups is 2. The molecule has 2 atom stereocenters. The monoisotopic (exact) mass is 231 g/mol. The van der Waals surface area contributed by atoms with Gasteiger partial charge in [-0.1, -0.05) is 0 Å². The highest BCUT2D eigenvalue weighted by Crippen LogP contribution is 2.19. The highest BCUT2D eigenvalue weighted by molar-refractivity contribution is 7.80. The smallest absolute Gasteiger partial charge is 0.290 e. The Hall–Kier alpha value is -0.980. The van der Waals surface area contributed by atoms with E-state index >= 15 is 0 Å². The molecule has 0 spiro atoms. The van der Waals surface area contributed by atoms with Gasteiger partial charge in [0.1, 0.15) is 6.10 Å². The Morgan fingerprint density at radius 1 is 1.47 bits per heavy atom. The maximum Gasteiger partial charge on any atom is 0.290 e. The van der Waals surface area contributed by atoms with E-state index < -0.39 is 23.5 Å². The second kappa shape index (κ2) is 5.20. The van der Waals surface area contributed by atoms with Crippen LogP contribution in [0.25, 0.3) is 0 Å². The van der Waals surface area contributed by atoms with E-state index in [1.165, 1.54) is 6.20 Å². The first kappa shape index (κ1) is 12.1. The second-order valence-electron chi connectivity index (χ2n) is 3.17. The van der Waals surface area contributed by atoms with Crippen molar-refractivity contribution in [3.8, 4) is 5.75 Å². The molecule has 0 amide bonds. The minimum absolute atomic E-state index is 0.265. The fourth-order valence-corrected chi connectivity index (χ4v) is 1.44. The van der Waals surface area contributed by atoms with Crippen LogP contribution in [0.5, 0.6) is 5.75 Å². The Labute approximate surface area is 91.8 Å². The molecule has 1 heterocycles. The standard InChI is InChI=1S/C9H13NO4S/c11-6(1-2-15)8(13)5-3-7(12)9(14)10-4-5/h3-4,6,8,11-13,15H,1-2H2,(H,10,14). The Morgan fingerprint density at radius 3 is 2.67 bits per heavy atom. The van der Waals surface area contributed by atoms with Crippen molar-refractivity contribution < 1.29 is 15.3 Å². The lowest BCUT2D eigenvalue weighted by molar-refractivity contribution is 0.0169. The number of nitrogens with one attached hydrogen (secondary N) is 1. The molecular weight excluding hydrogens is 218 g/mol. The van der Waals surface area contributed by atoms with Gasteiger partial charge in [-0.3, -0.25) is 4.79 Å². The van der Waals surface area contributed by atoms with Crippen LogP contribution >= 0.6 is 12.6 Å². The van der Waals surface area contributed by atoms with E-state index in [2.05, 4.69) is 17.6 Å². The normalized spacial score (nSPS) is 14.9. The lowest BCUT2D eigenvalue weighted by Crippen LogP contribution is -2.20. The maximum atomic E-state index is 10.8. The van der Waals surface area contributed by atoms with Crippen molar-refractivity contribution in [2.45, 2.75) is 18.6 Å². The largest absolute Gasteiger partial charge is 0.503 e. The van der Waals surface area contributed by atoms with Crippen molar-refractivity contribution in [2.24, 2.45) is 0 Å². The molecule has 0 aromatic carbocycles. The van der Waals surface area contributed by atoms with Crippen molar-refractivity contribution in [1.82, 2.24) is 4.98 Å². The van der Waals surface area contributed by atoms with Crippen molar-refractivity contribution in [2.75, 3.05) is 5.75 Å². The predicted octanol–water partition coefficient (Wildman–Crippen LogP) is -0.205. The molecule has 0 bridgehead atoms. The van der Waals surface area contributed by atoms with Crippen molar-refractivity contribution in [3.63, 3.8) is 0 Å². The number of rotatable bonds is 4. The molecule has 1 aromatic heterocycles. The van der Waals surface area contributed by atoms with E-state index in [1.807, 2.05) is 0 Å². The summed E-state index contributed by atoms with van der Waals surface area (Å²) in [5.41, 5.74) is -0.365. The first-order chi connectivity index (χ1) is 7.06. The van der Waals surface area contributed by atoms with Gasteiger partial charge in [-0.2, -0.15) is 12.6 Å². The van der Waals surface area contributed by atoms with Crippen LogP contribution in [0.3, 0.4) is 0 Å². The number of thiol groups is 1. The Bertz CT molecular complexity index is 379. The average Bonchev–Trinajstić information content (AvgIpc) is 2.21. The van der Waals surface area contributed by atoms with Gasteiger partial charge in [0, 0.05) is 11.8 Å². The van der Waals surface area contributed by atoms with Crippen LogP contribution in [-0.2, 0) is 0 Å². The summed E-state index contributed by atoms with van der Waals surface area (Å²) in [5.74, 6) is -0.0438. The van der Waals surface area contributed by atoms with Crippen LogP contribution in [0, 0.1) is 0 Å². The number of H-pyrrole nitrogens is 1. The summed E-state index contributed by atoms with van der Waals surface area (Å²) in [5, 5.41) is 28.2. The fraction of sp³-hybridized carbons (Fsp3) is 0.444. The zero-order valence-corrected chi connectivity index (χ0v) is 8.82. The zero-order chi connectivity index (χ0) is 11.4. The zero-order valence-electron chi connectivity index (χ0n) is 7.92. The van der Waals surface area contributed by atoms with Gasteiger partial charge in [-0.05, 0) is 18.2 Å². The van der Waals surface area contributed by atoms with Crippen molar-refractivity contribution in [1.29, 1.82) is 0 Å². The summed E-state index contributed by atoms with van der Waals surface area (Å²) in [6.45, 7) is 0. The van der Waals surface area contributed by atoms with Crippen molar-refractivity contribution in [3.05, 3.63) is 28.2 Å².